The predicted octanol–water partition coefficient (Wildman–Crippen LogP) is 1.36. The number of hydrogen-bond donors (Lipinski definition) is 0. The second kappa shape index (κ2) is 4.67. The van der Waals surface area contributed by atoms with Crippen molar-refractivity contribution in [3.8, 4) is 0 Å². The van der Waals surface area contributed by atoms with Gasteiger partial charge in [-0.3, -0.25) is 0 Å². The maximum Gasteiger partial charge on any atom is 0.334 e. The Labute approximate surface area is 76.4 Å². The van der Waals surface area contributed by atoms with Crippen molar-refractivity contribution in [3.63, 3.8) is 0 Å². The van der Waals surface area contributed by atoms with Gasteiger partial charge in [-0.05, 0) is 19.1 Å². The number of ether oxygens (including phenoxy) is 2. The van der Waals surface area contributed by atoms with Crippen LogP contribution in [-0.2, 0) is 20.9 Å². The van der Waals surface area contributed by atoms with Crippen LogP contribution < -0.4 is 0 Å². The molecule has 1 rings (SSSR count). The van der Waals surface area contributed by atoms with E-state index in [1.54, 1.807) is 25.3 Å². The summed E-state index contributed by atoms with van der Waals surface area (Å²) in [7, 11) is 1.33. The van der Waals surface area contributed by atoms with Gasteiger partial charge in [-0.25, -0.2) is 4.79 Å². The molecule has 1 atom stereocenters. The number of carbonyl (C=O) groups is 1. The number of rotatable bonds is 4. The molecule has 0 aromatic carbocycles. The third kappa shape index (κ3) is 2.91. The summed E-state index contributed by atoms with van der Waals surface area (Å²) in [6.07, 6.45) is 0.997. The third-order valence-electron chi connectivity index (χ3n) is 1.59. The molecule has 0 unspecified atom stereocenters. The molecule has 0 saturated carbocycles. The second-order valence-corrected chi connectivity index (χ2v) is 2.56. The summed E-state index contributed by atoms with van der Waals surface area (Å²) in [5.74, 6) is 0.308. The monoisotopic (exact) mass is 184 g/mol. The maximum absolute atomic E-state index is 10.9. The van der Waals surface area contributed by atoms with Crippen molar-refractivity contribution in [1.29, 1.82) is 0 Å². The van der Waals surface area contributed by atoms with Gasteiger partial charge >= 0.3 is 5.97 Å². The van der Waals surface area contributed by atoms with Crippen LogP contribution in [-0.4, -0.2) is 19.2 Å². The fourth-order valence-corrected chi connectivity index (χ4v) is 0.836. The Hall–Kier alpha value is -1.29. The Bertz CT molecular complexity index is 253. The van der Waals surface area contributed by atoms with E-state index in [1.165, 1.54) is 7.11 Å². The Morgan fingerprint density at radius 3 is 3.00 bits per heavy atom. The van der Waals surface area contributed by atoms with E-state index in [1.807, 2.05) is 0 Å². The summed E-state index contributed by atoms with van der Waals surface area (Å²) in [6, 6.07) is 3.55. The van der Waals surface area contributed by atoms with E-state index < -0.39 is 6.10 Å². The van der Waals surface area contributed by atoms with Crippen molar-refractivity contribution < 1.29 is 18.7 Å². The molecule has 0 N–H and O–H groups in total. The van der Waals surface area contributed by atoms with Crippen LogP contribution in [0.2, 0.25) is 0 Å². The molecule has 4 heteroatoms. The van der Waals surface area contributed by atoms with Gasteiger partial charge in [-0.2, -0.15) is 0 Å². The van der Waals surface area contributed by atoms with E-state index in [0.29, 0.717) is 5.76 Å². The fraction of sp³-hybridized carbons (Fsp3) is 0.444. The van der Waals surface area contributed by atoms with Gasteiger partial charge in [0.2, 0.25) is 0 Å². The zero-order chi connectivity index (χ0) is 9.68. The van der Waals surface area contributed by atoms with E-state index in [4.69, 9.17) is 9.15 Å². The van der Waals surface area contributed by atoms with Gasteiger partial charge in [0, 0.05) is 0 Å². The van der Waals surface area contributed by atoms with Gasteiger partial charge in [0.05, 0.1) is 13.4 Å². The van der Waals surface area contributed by atoms with E-state index in [-0.39, 0.29) is 12.6 Å². The molecule has 13 heavy (non-hydrogen) atoms. The van der Waals surface area contributed by atoms with Crippen LogP contribution in [0.25, 0.3) is 0 Å². The van der Waals surface area contributed by atoms with Crippen LogP contribution in [0.5, 0.6) is 0 Å². The molecule has 0 aliphatic carbocycles. The molecule has 1 aromatic rings. The molecule has 0 fully saturated rings. The lowest BCUT2D eigenvalue weighted by Crippen LogP contribution is -2.21. The Balaban J connectivity index is 2.30. The van der Waals surface area contributed by atoms with E-state index in [2.05, 4.69) is 4.74 Å². The first-order valence-corrected chi connectivity index (χ1v) is 3.96. The standard InChI is InChI=1S/C9H12O4/c1-7(9(10)11-2)13-6-8-4-3-5-12-8/h3-5,7H,6H2,1-2H3/t7-/m0/s1. The van der Waals surface area contributed by atoms with Crippen molar-refractivity contribution in [2.45, 2.75) is 19.6 Å². The maximum atomic E-state index is 10.9. The van der Waals surface area contributed by atoms with Crippen molar-refractivity contribution in [1.82, 2.24) is 0 Å². The van der Waals surface area contributed by atoms with E-state index in [9.17, 15) is 4.79 Å². The highest BCUT2D eigenvalue weighted by molar-refractivity contribution is 5.73. The van der Waals surface area contributed by atoms with Gasteiger partial charge < -0.3 is 13.9 Å². The van der Waals surface area contributed by atoms with Crippen LogP contribution in [0.3, 0.4) is 0 Å². The highest BCUT2D eigenvalue weighted by atomic mass is 16.6. The first-order chi connectivity index (χ1) is 6.24. The highest BCUT2D eigenvalue weighted by Crippen LogP contribution is 2.04. The Morgan fingerprint density at radius 2 is 2.46 bits per heavy atom. The van der Waals surface area contributed by atoms with Gasteiger partial charge in [-0.15, -0.1) is 0 Å². The molecule has 1 aromatic heterocycles. The SMILES string of the molecule is COC(=O)[C@H](C)OCc1ccco1. The topological polar surface area (TPSA) is 48.7 Å². The minimum Gasteiger partial charge on any atom is -0.467 e. The van der Waals surface area contributed by atoms with Crippen molar-refractivity contribution in [2.24, 2.45) is 0 Å². The molecule has 0 amide bonds. The summed E-state index contributed by atoms with van der Waals surface area (Å²) in [6.45, 7) is 1.91. The summed E-state index contributed by atoms with van der Waals surface area (Å²) in [5.41, 5.74) is 0. The molecule has 0 saturated heterocycles. The minimum absolute atomic E-state index is 0.281. The van der Waals surface area contributed by atoms with Gasteiger partial charge in [0.1, 0.15) is 12.4 Å². The molecule has 72 valence electrons. The zero-order valence-electron chi connectivity index (χ0n) is 7.65. The number of furan rings is 1. The van der Waals surface area contributed by atoms with Gasteiger partial charge in [0.25, 0.3) is 0 Å². The van der Waals surface area contributed by atoms with Crippen molar-refractivity contribution in [3.05, 3.63) is 24.2 Å². The predicted molar refractivity (Wildman–Crippen MR) is 45.0 cm³/mol. The van der Waals surface area contributed by atoms with Crippen LogP contribution in [0.1, 0.15) is 12.7 Å². The Morgan fingerprint density at radius 1 is 1.69 bits per heavy atom. The quantitative estimate of drug-likeness (QED) is 0.663. The smallest absolute Gasteiger partial charge is 0.334 e. The molecular weight excluding hydrogens is 172 g/mol. The first kappa shape index (κ1) is 9.80. The summed E-state index contributed by atoms with van der Waals surface area (Å²) < 4.78 is 14.7. The largest absolute Gasteiger partial charge is 0.467 e. The lowest BCUT2D eigenvalue weighted by molar-refractivity contribution is -0.153. The molecule has 4 nitrogen and oxygen atoms in total. The molecule has 1 heterocycles. The number of carbonyl (C=O) groups excluding carboxylic acids is 1. The van der Waals surface area contributed by atoms with Crippen molar-refractivity contribution >= 4 is 5.97 Å². The van der Waals surface area contributed by atoms with E-state index >= 15 is 0 Å². The number of hydrogen-bond acceptors (Lipinski definition) is 4. The highest BCUT2D eigenvalue weighted by Gasteiger charge is 2.13. The van der Waals surface area contributed by atoms with Gasteiger partial charge in [-0.1, -0.05) is 0 Å². The lowest BCUT2D eigenvalue weighted by Gasteiger charge is -2.08. The Kier molecular flexibility index (Phi) is 3.52. The van der Waals surface area contributed by atoms with Crippen LogP contribution in [0.15, 0.2) is 22.8 Å². The van der Waals surface area contributed by atoms with Crippen molar-refractivity contribution in [2.75, 3.05) is 7.11 Å². The van der Waals surface area contributed by atoms with Gasteiger partial charge in [0.15, 0.2) is 6.10 Å². The zero-order valence-corrected chi connectivity index (χ0v) is 7.65. The first-order valence-electron chi connectivity index (χ1n) is 3.96. The molecule has 0 spiro atoms. The normalized spacial score (nSPS) is 12.5. The third-order valence-corrected chi connectivity index (χ3v) is 1.59. The fourth-order valence-electron chi connectivity index (χ4n) is 0.836. The molecule has 0 radical (unpaired) electrons. The minimum atomic E-state index is -0.560. The molecule has 0 bridgehead atoms. The molecule has 0 aliphatic heterocycles. The van der Waals surface area contributed by atoms with E-state index in [0.717, 1.165) is 0 Å². The summed E-state index contributed by atoms with van der Waals surface area (Å²) in [4.78, 5) is 10.9. The average molecular weight is 184 g/mol. The number of methoxy groups -OCH3 is 1. The summed E-state index contributed by atoms with van der Waals surface area (Å²) >= 11 is 0. The average Bonchev–Trinajstić information content (AvgIpc) is 2.65. The lowest BCUT2D eigenvalue weighted by atomic mass is 10.4. The number of esters is 1. The second-order valence-electron chi connectivity index (χ2n) is 2.56. The van der Waals surface area contributed by atoms with Crippen LogP contribution in [0, 0.1) is 0 Å². The van der Waals surface area contributed by atoms with Crippen LogP contribution >= 0.6 is 0 Å². The molecular formula is C9H12O4. The van der Waals surface area contributed by atoms with Crippen LogP contribution in [0.4, 0.5) is 0 Å². The molecule has 0 aliphatic rings. The summed E-state index contributed by atoms with van der Waals surface area (Å²) in [5, 5.41) is 0.